The lowest BCUT2D eigenvalue weighted by Gasteiger charge is -2.33. The van der Waals surface area contributed by atoms with Gasteiger partial charge in [-0.15, -0.1) is 0 Å². The molecule has 3 N–H and O–H groups in total. The van der Waals surface area contributed by atoms with Gasteiger partial charge in [-0.05, 0) is 30.9 Å². The average molecular weight is 252 g/mol. The molecule has 6 heteroatoms. The Kier molecular flexibility index (Phi) is 3.76. The zero-order valence-electron chi connectivity index (χ0n) is 10.1. The summed E-state index contributed by atoms with van der Waals surface area (Å²) in [4.78, 5) is 1.81. The monoisotopic (exact) mass is 252 g/mol. The summed E-state index contributed by atoms with van der Waals surface area (Å²) in [6.07, 6.45) is 2.80. The van der Waals surface area contributed by atoms with E-state index in [4.69, 9.17) is 15.9 Å². The molecule has 0 unspecified atom stereocenters. The summed E-state index contributed by atoms with van der Waals surface area (Å²) in [7, 11) is 0. The van der Waals surface area contributed by atoms with Crippen molar-refractivity contribution in [2.45, 2.75) is 12.8 Å². The van der Waals surface area contributed by atoms with Crippen molar-refractivity contribution >= 4 is 5.96 Å². The van der Waals surface area contributed by atoms with Gasteiger partial charge >= 0.3 is 0 Å². The molecule has 1 aliphatic heterocycles. The van der Waals surface area contributed by atoms with Crippen LogP contribution in [-0.4, -0.2) is 40.2 Å². The molecule has 0 bridgehead atoms. The number of nitrogens with one attached hydrogen (secondary N) is 2. The molecule has 98 valence electrons. The number of piperidine rings is 1. The van der Waals surface area contributed by atoms with E-state index in [1.54, 1.807) is 0 Å². The van der Waals surface area contributed by atoms with Crippen LogP contribution in [0.5, 0.6) is 0 Å². The first-order valence-corrected chi connectivity index (χ1v) is 5.99. The Bertz CT molecular complexity index is 491. The third kappa shape index (κ3) is 2.59. The molecule has 1 fully saturated rings. The van der Waals surface area contributed by atoms with E-state index in [2.05, 4.69) is 0 Å². The number of likely N-dealkylation sites (tertiary alicyclic amines) is 1. The quantitative estimate of drug-likeness (QED) is 0.505. The van der Waals surface area contributed by atoms with Gasteiger partial charge in [-0.1, -0.05) is 0 Å². The van der Waals surface area contributed by atoms with E-state index in [1.807, 2.05) is 4.90 Å². The van der Waals surface area contributed by atoms with Crippen LogP contribution in [0.2, 0.25) is 0 Å². The largest absolute Gasteiger partial charge is 0.396 e. The Morgan fingerprint density at radius 2 is 2.06 bits per heavy atom. The molecule has 1 aliphatic rings. The van der Waals surface area contributed by atoms with E-state index in [1.165, 1.54) is 16.7 Å². The number of rotatable bonds is 1. The second-order valence-corrected chi connectivity index (χ2v) is 4.54. The van der Waals surface area contributed by atoms with Gasteiger partial charge in [0.15, 0.2) is 0 Å². The van der Waals surface area contributed by atoms with Crippen LogP contribution in [0.15, 0.2) is 18.3 Å². The fourth-order valence-electron chi connectivity index (χ4n) is 2.13. The molecule has 2 rings (SSSR count). The Hall–Kier alpha value is -1.69. The summed E-state index contributed by atoms with van der Waals surface area (Å²) in [6.45, 7) is 1.50. The predicted octanol–water partition coefficient (Wildman–Crippen LogP) is 0.594. The average Bonchev–Trinajstić information content (AvgIpc) is 2.41. The predicted molar refractivity (Wildman–Crippen MR) is 64.8 cm³/mol. The lowest BCUT2D eigenvalue weighted by atomic mass is 9.98. The van der Waals surface area contributed by atoms with Crippen LogP contribution in [0.1, 0.15) is 12.8 Å². The van der Waals surface area contributed by atoms with Gasteiger partial charge in [0.05, 0.1) is 0 Å². The maximum Gasteiger partial charge on any atom is 0.203 e. The first kappa shape index (κ1) is 12.8. The molecule has 0 aromatic carbocycles. The summed E-state index contributed by atoms with van der Waals surface area (Å²) in [5, 5.41) is 24.8. The molecule has 18 heavy (non-hydrogen) atoms. The molecule has 0 amide bonds. The van der Waals surface area contributed by atoms with Crippen LogP contribution in [0.4, 0.5) is 4.39 Å². The van der Waals surface area contributed by atoms with Crippen molar-refractivity contribution in [2.75, 3.05) is 19.7 Å². The summed E-state index contributed by atoms with van der Waals surface area (Å²) >= 11 is 0. The van der Waals surface area contributed by atoms with Crippen molar-refractivity contribution in [3.63, 3.8) is 0 Å². The highest BCUT2D eigenvalue weighted by atomic mass is 19.1. The minimum Gasteiger partial charge on any atom is -0.396 e. The highest BCUT2D eigenvalue weighted by Crippen LogP contribution is 2.16. The number of pyridine rings is 1. The van der Waals surface area contributed by atoms with E-state index in [0.717, 1.165) is 19.0 Å². The van der Waals surface area contributed by atoms with Crippen molar-refractivity contribution in [1.29, 1.82) is 10.8 Å². The van der Waals surface area contributed by atoms with Crippen LogP contribution >= 0.6 is 0 Å². The Morgan fingerprint density at radius 1 is 1.39 bits per heavy atom. The van der Waals surface area contributed by atoms with Gasteiger partial charge in [0.1, 0.15) is 11.3 Å². The lowest BCUT2D eigenvalue weighted by molar-refractivity contribution is 0.164. The smallest absolute Gasteiger partial charge is 0.203 e. The highest BCUT2D eigenvalue weighted by molar-refractivity contribution is 5.79. The SMILES string of the molecule is N=C(N1CCC(CO)CC1)n1cc(F)ccc1=N. The van der Waals surface area contributed by atoms with Gasteiger partial charge < -0.3 is 10.0 Å². The number of nitrogens with zero attached hydrogens (tertiary/aromatic N) is 2. The molecule has 1 saturated heterocycles. The second kappa shape index (κ2) is 5.30. The maximum atomic E-state index is 13.1. The van der Waals surface area contributed by atoms with E-state index in [9.17, 15) is 4.39 Å². The minimum absolute atomic E-state index is 0.0886. The number of aliphatic hydroxyl groups excluding tert-OH is 1. The third-order valence-electron chi connectivity index (χ3n) is 3.31. The van der Waals surface area contributed by atoms with Gasteiger partial charge in [0.25, 0.3) is 0 Å². The Balaban J connectivity index is 2.12. The first-order valence-electron chi connectivity index (χ1n) is 5.99. The Labute approximate surface area is 105 Å². The molecule has 0 atom stereocenters. The van der Waals surface area contributed by atoms with Gasteiger partial charge in [0, 0.05) is 25.9 Å². The van der Waals surface area contributed by atoms with Gasteiger partial charge in [-0.25, -0.2) is 4.39 Å². The lowest BCUT2D eigenvalue weighted by Crippen LogP contribution is -2.45. The van der Waals surface area contributed by atoms with Crippen molar-refractivity contribution in [1.82, 2.24) is 9.47 Å². The van der Waals surface area contributed by atoms with Crippen molar-refractivity contribution in [3.05, 3.63) is 29.6 Å². The van der Waals surface area contributed by atoms with Crippen molar-refractivity contribution in [2.24, 2.45) is 5.92 Å². The van der Waals surface area contributed by atoms with E-state index < -0.39 is 5.82 Å². The molecule has 2 heterocycles. The topological polar surface area (TPSA) is 76.1 Å². The maximum absolute atomic E-state index is 13.1. The Morgan fingerprint density at radius 3 is 2.67 bits per heavy atom. The van der Waals surface area contributed by atoms with Gasteiger partial charge in [-0.3, -0.25) is 15.4 Å². The highest BCUT2D eigenvalue weighted by Gasteiger charge is 2.21. The number of aliphatic hydroxyl groups is 1. The number of aromatic nitrogens is 1. The summed E-state index contributed by atoms with van der Waals surface area (Å²) in [5.74, 6) is -0.0427. The van der Waals surface area contributed by atoms with Crippen LogP contribution in [0.25, 0.3) is 0 Å². The van der Waals surface area contributed by atoms with Crippen molar-refractivity contribution in [3.8, 4) is 0 Å². The number of hydrogen-bond acceptors (Lipinski definition) is 3. The number of hydrogen-bond donors (Lipinski definition) is 3. The van der Waals surface area contributed by atoms with Crippen LogP contribution < -0.4 is 5.49 Å². The standard InChI is InChI=1S/C12H17FN4O/c13-10-1-2-11(14)17(7-10)12(15)16-5-3-9(8-18)4-6-16/h1-2,7,9,14-15,18H,3-6,8H2. The second-order valence-electron chi connectivity index (χ2n) is 4.54. The normalized spacial score (nSPS) is 16.9. The van der Waals surface area contributed by atoms with Gasteiger partial charge in [0.2, 0.25) is 5.96 Å². The minimum atomic E-state index is -0.457. The fourth-order valence-corrected chi connectivity index (χ4v) is 2.13. The molecular weight excluding hydrogens is 235 g/mol. The van der Waals surface area contributed by atoms with E-state index in [-0.39, 0.29) is 18.1 Å². The molecular formula is C12H17FN4O. The molecule has 0 saturated carbocycles. The molecule has 0 radical (unpaired) electrons. The van der Waals surface area contributed by atoms with Gasteiger partial charge in [-0.2, -0.15) is 0 Å². The zero-order valence-corrected chi connectivity index (χ0v) is 10.1. The van der Waals surface area contributed by atoms with Crippen LogP contribution in [-0.2, 0) is 0 Å². The molecule has 0 spiro atoms. The summed E-state index contributed by atoms with van der Waals surface area (Å²) < 4.78 is 14.4. The van der Waals surface area contributed by atoms with Crippen LogP contribution in [0.3, 0.4) is 0 Å². The van der Waals surface area contributed by atoms with Crippen LogP contribution in [0, 0.1) is 22.6 Å². The fraction of sp³-hybridized carbons (Fsp3) is 0.500. The molecule has 1 aromatic heterocycles. The van der Waals surface area contributed by atoms with E-state index >= 15 is 0 Å². The first-order chi connectivity index (χ1) is 8.61. The third-order valence-corrected chi connectivity index (χ3v) is 3.31. The summed E-state index contributed by atoms with van der Waals surface area (Å²) in [6, 6.07) is 2.55. The van der Waals surface area contributed by atoms with Crippen molar-refractivity contribution < 1.29 is 9.50 Å². The molecule has 5 nitrogen and oxygen atoms in total. The molecule has 1 aromatic rings. The molecule has 0 aliphatic carbocycles. The zero-order chi connectivity index (χ0) is 13.1. The number of halogens is 1. The summed E-state index contributed by atoms with van der Waals surface area (Å²) in [5.41, 5.74) is 0.0886. The van der Waals surface area contributed by atoms with E-state index in [0.29, 0.717) is 19.0 Å².